The van der Waals surface area contributed by atoms with E-state index in [4.69, 9.17) is 16.3 Å². The number of rotatable bonds is 9. The molecule has 0 saturated heterocycles. The molecule has 0 heterocycles. The van der Waals surface area contributed by atoms with Gasteiger partial charge in [-0.3, -0.25) is 4.79 Å². The molecule has 144 valence electrons. The van der Waals surface area contributed by atoms with E-state index < -0.39 is 6.10 Å². The molecule has 0 aliphatic rings. The first-order valence-corrected chi connectivity index (χ1v) is 9.45. The SMILES string of the molecule is O=C(c1ccccc1)c1ccc(OCC(O)CNCc2cccc(Cl)c2)cc1. The van der Waals surface area contributed by atoms with Gasteiger partial charge in [-0.15, -0.1) is 0 Å². The number of hydrogen-bond acceptors (Lipinski definition) is 4. The highest BCUT2D eigenvalue weighted by molar-refractivity contribution is 6.30. The summed E-state index contributed by atoms with van der Waals surface area (Å²) < 4.78 is 5.61. The summed E-state index contributed by atoms with van der Waals surface area (Å²) in [6.45, 7) is 1.18. The highest BCUT2D eigenvalue weighted by Gasteiger charge is 2.09. The van der Waals surface area contributed by atoms with E-state index in [1.54, 1.807) is 36.4 Å². The maximum Gasteiger partial charge on any atom is 0.193 e. The topological polar surface area (TPSA) is 58.6 Å². The smallest absolute Gasteiger partial charge is 0.193 e. The number of aliphatic hydroxyl groups is 1. The minimum absolute atomic E-state index is 0.0302. The summed E-state index contributed by atoms with van der Waals surface area (Å²) in [7, 11) is 0. The Morgan fingerprint density at radius 1 is 0.964 bits per heavy atom. The molecule has 0 fully saturated rings. The number of ether oxygens (including phenoxy) is 1. The third kappa shape index (κ3) is 5.92. The Kier molecular flexibility index (Phi) is 7.20. The highest BCUT2D eigenvalue weighted by Crippen LogP contribution is 2.16. The van der Waals surface area contributed by atoms with E-state index in [2.05, 4.69) is 5.32 Å². The Labute approximate surface area is 169 Å². The fourth-order valence-corrected chi connectivity index (χ4v) is 2.95. The van der Waals surface area contributed by atoms with Crippen LogP contribution in [0, 0.1) is 0 Å². The molecule has 0 bridgehead atoms. The summed E-state index contributed by atoms with van der Waals surface area (Å²) in [4.78, 5) is 12.4. The van der Waals surface area contributed by atoms with E-state index >= 15 is 0 Å². The number of nitrogens with one attached hydrogen (secondary N) is 1. The molecule has 5 heteroatoms. The van der Waals surface area contributed by atoms with Crippen molar-refractivity contribution in [2.45, 2.75) is 12.6 Å². The molecule has 0 saturated carbocycles. The number of aliphatic hydroxyl groups excluding tert-OH is 1. The molecular weight excluding hydrogens is 374 g/mol. The standard InChI is InChI=1S/C23H22ClNO3/c24-20-8-4-5-17(13-20)14-25-15-21(26)16-28-22-11-9-19(10-12-22)23(27)18-6-2-1-3-7-18/h1-13,21,25-26H,14-16H2. The van der Waals surface area contributed by atoms with Crippen molar-refractivity contribution >= 4 is 17.4 Å². The van der Waals surface area contributed by atoms with Crippen molar-refractivity contribution in [2.75, 3.05) is 13.2 Å². The quantitative estimate of drug-likeness (QED) is 0.535. The largest absolute Gasteiger partial charge is 0.491 e. The third-order valence-electron chi connectivity index (χ3n) is 4.19. The van der Waals surface area contributed by atoms with Gasteiger partial charge in [0.1, 0.15) is 18.5 Å². The number of ketones is 1. The van der Waals surface area contributed by atoms with Crippen LogP contribution in [0.25, 0.3) is 0 Å². The minimum atomic E-state index is -0.648. The average Bonchev–Trinajstić information content (AvgIpc) is 2.73. The molecule has 0 radical (unpaired) electrons. The molecule has 3 rings (SSSR count). The molecule has 0 spiro atoms. The molecular formula is C23H22ClNO3. The Bertz CT molecular complexity index is 897. The highest BCUT2D eigenvalue weighted by atomic mass is 35.5. The predicted octanol–water partition coefficient (Wildman–Crippen LogP) is 4.10. The molecule has 28 heavy (non-hydrogen) atoms. The van der Waals surface area contributed by atoms with Crippen LogP contribution in [-0.2, 0) is 6.54 Å². The lowest BCUT2D eigenvalue weighted by atomic mass is 10.0. The van der Waals surface area contributed by atoms with Gasteiger partial charge in [-0.25, -0.2) is 0 Å². The maximum atomic E-state index is 12.4. The molecule has 1 unspecified atom stereocenters. The van der Waals surface area contributed by atoms with Crippen LogP contribution in [0.3, 0.4) is 0 Å². The first kappa shape index (κ1) is 20.1. The van der Waals surface area contributed by atoms with Gasteiger partial charge in [-0.1, -0.05) is 54.1 Å². The zero-order chi connectivity index (χ0) is 19.8. The fourth-order valence-electron chi connectivity index (χ4n) is 2.74. The van der Waals surface area contributed by atoms with E-state index in [9.17, 15) is 9.90 Å². The monoisotopic (exact) mass is 395 g/mol. The van der Waals surface area contributed by atoms with E-state index in [1.807, 2.05) is 42.5 Å². The molecule has 0 aliphatic heterocycles. The number of hydrogen-bond donors (Lipinski definition) is 2. The number of benzene rings is 3. The molecule has 2 N–H and O–H groups in total. The molecule has 0 aromatic heterocycles. The summed E-state index contributed by atoms with van der Waals surface area (Å²) in [5.74, 6) is 0.580. The zero-order valence-electron chi connectivity index (χ0n) is 15.3. The van der Waals surface area contributed by atoms with Gasteiger partial charge in [-0.05, 0) is 42.0 Å². The Morgan fingerprint density at radius 2 is 1.68 bits per heavy atom. The number of halogens is 1. The van der Waals surface area contributed by atoms with E-state index in [0.29, 0.717) is 35.0 Å². The molecule has 4 nitrogen and oxygen atoms in total. The van der Waals surface area contributed by atoms with E-state index in [-0.39, 0.29) is 12.4 Å². The van der Waals surface area contributed by atoms with E-state index in [0.717, 1.165) is 5.56 Å². The average molecular weight is 396 g/mol. The molecule has 0 aliphatic carbocycles. The summed E-state index contributed by atoms with van der Waals surface area (Å²) in [5, 5.41) is 13.9. The number of carbonyl (C=O) groups excluding carboxylic acids is 1. The van der Waals surface area contributed by atoms with Crippen LogP contribution in [0.5, 0.6) is 5.75 Å². The van der Waals surface area contributed by atoms with Gasteiger partial charge >= 0.3 is 0 Å². The van der Waals surface area contributed by atoms with Gasteiger partial charge in [0.2, 0.25) is 0 Å². The number of carbonyl (C=O) groups is 1. The second kappa shape index (κ2) is 10.0. The van der Waals surface area contributed by atoms with Crippen LogP contribution in [0.4, 0.5) is 0 Å². The lowest BCUT2D eigenvalue weighted by molar-refractivity contribution is 0.103. The minimum Gasteiger partial charge on any atom is -0.491 e. The van der Waals surface area contributed by atoms with Gasteiger partial charge in [0, 0.05) is 29.2 Å². The summed E-state index contributed by atoms with van der Waals surface area (Å²) >= 11 is 5.95. The summed E-state index contributed by atoms with van der Waals surface area (Å²) in [5.41, 5.74) is 2.30. The van der Waals surface area contributed by atoms with Gasteiger partial charge in [0.05, 0.1) is 0 Å². The fraction of sp³-hybridized carbons (Fsp3) is 0.174. The molecule has 1 atom stereocenters. The zero-order valence-corrected chi connectivity index (χ0v) is 16.1. The van der Waals surface area contributed by atoms with Crippen LogP contribution < -0.4 is 10.1 Å². The first-order valence-electron chi connectivity index (χ1n) is 9.07. The lowest BCUT2D eigenvalue weighted by Crippen LogP contribution is -2.31. The van der Waals surface area contributed by atoms with Crippen LogP contribution in [0.2, 0.25) is 5.02 Å². The van der Waals surface area contributed by atoms with E-state index in [1.165, 1.54) is 0 Å². The van der Waals surface area contributed by atoms with Gasteiger partial charge in [0.25, 0.3) is 0 Å². The molecule has 0 amide bonds. The van der Waals surface area contributed by atoms with Gasteiger partial charge in [0.15, 0.2) is 5.78 Å². The second-order valence-corrected chi connectivity index (χ2v) is 6.88. The predicted molar refractivity (Wildman–Crippen MR) is 111 cm³/mol. The van der Waals surface area contributed by atoms with Gasteiger partial charge in [-0.2, -0.15) is 0 Å². The van der Waals surface area contributed by atoms with Crippen molar-refractivity contribution < 1.29 is 14.6 Å². The Hall–Kier alpha value is -2.66. The third-order valence-corrected chi connectivity index (χ3v) is 4.43. The van der Waals surface area contributed by atoms with Crippen LogP contribution in [-0.4, -0.2) is 30.1 Å². The maximum absolute atomic E-state index is 12.4. The van der Waals surface area contributed by atoms with Crippen molar-refractivity contribution in [3.63, 3.8) is 0 Å². The molecule has 3 aromatic carbocycles. The van der Waals surface area contributed by atoms with Crippen molar-refractivity contribution in [1.82, 2.24) is 5.32 Å². The van der Waals surface area contributed by atoms with Crippen molar-refractivity contribution in [3.8, 4) is 5.75 Å². The van der Waals surface area contributed by atoms with Crippen molar-refractivity contribution in [3.05, 3.63) is 101 Å². The first-order chi connectivity index (χ1) is 13.6. The van der Waals surface area contributed by atoms with Crippen LogP contribution in [0.1, 0.15) is 21.5 Å². The molecule has 3 aromatic rings. The lowest BCUT2D eigenvalue weighted by Gasteiger charge is -2.13. The van der Waals surface area contributed by atoms with Crippen LogP contribution in [0.15, 0.2) is 78.9 Å². The van der Waals surface area contributed by atoms with Crippen molar-refractivity contribution in [2.24, 2.45) is 0 Å². The van der Waals surface area contributed by atoms with Crippen molar-refractivity contribution in [1.29, 1.82) is 0 Å². The second-order valence-electron chi connectivity index (χ2n) is 6.45. The summed E-state index contributed by atoms with van der Waals surface area (Å²) in [6, 6.07) is 23.7. The normalized spacial score (nSPS) is 11.8. The van der Waals surface area contributed by atoms with Gasteiger partial charge < -0.3 is 15.2 Å². The van der Waals surface area contributed by atoms with Crippen LogP contribution >= 0.6 is 11.6 Å². The Balaban J connectivity index is 1.43. The summed E-state index contributed by atoms with van der Waals surface area (Å²) in [6.07, 6.45) is -0.648. The Morgan fingerprint density at radius 3 is 2.39 bits per heavy atom.